The number of hydrogen-bond acceptors (Lipinski definition) is 2. The average Bonchev–Trinajstić information content (AvgIpc) is 2.28. The van der Waals surface area contributed by atoms with E-state index in [0.717, 1.165) is 19.4 Å². The SMILES string of the molecule is CCS(=O)(=O)N1CCC[C@H]2CCCC[C@H]21. The van der Waals surface area contributed by atoms with Gasteiger partial charge >= 0.3 is 0 Å². The van der Waals surface area contributed by atoms with Crippen molar-refractivity contribution in [2.45, 2.75) is 51.5 Å². The van der Waals surface area contributed by atoms with Gasteiger partial charge in [-0.1, -0.05) is 12.8 Å². The molecule has 3 nitrogen and oxygen atoms in total. The molecule has 2 rings (SSSR count). The maximum Gasteiger partial charge on any atom is 0.214 e. The molecule has 0 N–H and O–H groups in total. The van der Waals surface area contributed by atoms with Gasteiger partial charge in [0.15, 0.2) is 0 Å². The van der Waals surface area contributed by atoms with Crippen LogP contribution in [0.5, 0.6) is 0 Å². The fourth-order valence-corrected chi connectivity index (χ4v) is 4.52. The molecule has 1 saturated heterocycles. The lowest BCUT2D eigenvalue weighted by atomic mass is 9.79. The molecule has 0 aromatic rings. The second kappa shape index (κ2) is 4.42. The third kappa shape index (κ3) is 2.21. The van der Waals surface area contributed by atoms with Gasteiger partial charge in [-0.25, -0.2) is 8.42 Å². The summed E-state index contributed by atoms with van der Waals surface area (Å²) in [5, 5.41) is 0. The van der Waals surface area contributed by atoms with Crippen molar-refractivity contribution in [1.82, 2.24) is 4.31 Å². The molecular formula is C11H21NO2S. The highest BCUT2D eigenvalue weighted by molar-refractivity contribution is 7.89. The molecule has 2 atom stereocenters. The number of rotatable bonds is 2. The molecule has 2 fully saturated rings. The van der Waals surface area contributed by atoms with Crippen LogP contribution in [-0.4, -0.2) is 31.1 Å². The van der Waals surface area contributed by atoms with Gasteiger partial charge in [-0.3, -0.25) is 0 Å². The molecule has 0 spiro atoms. The Morgan fingerprint density at radius 2 is 1.80 bits per heavy atom. The van der Waals surface area contributed by atoms with E-state index in [4.69, 9.17) is 0 Å². The largest absolute Gasteiger partial charge is 0.214 e. The monoisotopic (exact) mass is 231 g/mol. The van der Waals surface area contributed by atoms with Crippen LogP contribution in [0.25, 0.3) is 0 Å². The van der Waals surface area contributed by atoms with E-state index in [2.05, 4.69) is 0 Å². The molecule has 1 saturated carbocycles. The molecule has 1 heterocycles. The zero-order valence-electron chi connectivity index (χ0n) is 9.48. The molecule has 2 aliphatic rings. The Bertz CT molecular complexity index is 311. The third-order valence-corrected chi connectivity index (χ3v) is 5.81. The van der Waals surface area contributed by atoms with Gasteiger partial charge in [0, 0.05) is 12.6 Å². The Kier molecular flexibility index (Phi) is 3.36. The lowest BCUT2D eigenvalue weighted by Crippen LogP contribution is -2.50. The first-order valence-corrected chi connectivity index (χ1v) is 7.75. The minimum absolute atomic E-state index is 0.260. The van der Waals surface area contributed by atoms with E-state index in [1.165, 1.54) is 25.7 Å². The summed E-state index contributed by atoms with van der Waals surface area (Å²) in [5.74, 6) is 0.907. The van der Waals surface area contributed by atoms with Crippen molar-refractivity contribution in [3.05, 3.63) is 0 Å². The van der Waals surface area contributed by atoms with Gasteiger partial charge in [0.1, 0.15) is 0 Å². The molecule has 1 aliphatic carbocycles. The molecule has 0 radical (unpaired) electrons. The van der Waals surface area contributed by atoms with Crippen molar-refractivity contribution < 1.29 is 8.42 Å². The van der Waals surface area contributed by atoms with Crippen LogP contribution in [0, 0.1) is 5.92 Å². The predicted molar refractivity (Wildman–Crippen MR) is 61.1 cm³/mol. The third-order valence-electron chi connectivity index (χ3n) is 3.91. The van der Waals surface area contributed by atoms with Gasteiger partial charge in [-0.2, -0.15) is 4.31 Å². The minimum Gasteiger partial charge on any atom is -0.212 e. The number of piperidine rings is 1. The highest BCUT2D eigenvalue weighted by atomic mass is 32.2. The summed E-state index contributed by atoms with van der Waals surface area (Å²) in [4.78, 5) is 0. The molecule has 0 bridgehead atoms. The summed E-state index contributed by atoms with van der Waals surface area (Å²) >= 11 is 0. The van der Waals surface area contributed by atoms with E-state index in [9.17, 15) is 8.42 Å². The summed E-state index contributed by atoms with van der Waals surface area (Å²) in [6.07, 6.45) is 7.11. The quantitative estimate of drug-likeness (QED) is 0.729. The molecule has 1 aliphatic heterocycles. The number of sulfonamides is 1. The fraction of sp³-hybridized carbons (Fsp3) is 1.00. The smallest absolute Gasteiger partial charge is 0.212 e. The van der Waals surface area contributed by atoms with Gasteiger partial charge in [-0.15, -0.1) is 0 Å². The number of fused-ring (bicyclic) bond motifs is 1. The Labute approximate surface area is 92.9 Å². The van der Waals surface area contributed by atoms with Crippen LogP contribution in [0.3, 0.4) is 0 Å². The Morgan fingerprint density at radius 3 is 2.53 bits per heavy atom. The molecule has 88 valence electrons. The van der Waals surface area contributed by atoms with Crippen molar-refractivity contribution in [2.75, 3.05) is 12.3 Å². The maximum absolute atomic E-state index is 11.9. The van der Waals surface area contributed by atoms with Gasteiger partial charge in [-0.05, 0) is 38.5 Å². The molecule has 4 heteroatoms. The van der Waals surface area contributed by atoms with E-state index >= 15 is 0 Å². The number of nitrogens with zero attached hydrogens (tertiary/aromatic N) is 1. The molecule has 0 unspecified atom stereocenters. The minimum atomic E-state index is -2.96. The van der Waals surface area contributed by atoms with Crippen LogP contribution in [0.2, 0.25) is 0 Å². The maximum atomic E-state index is 11.9. The van der Waals surface area contributed by atoms with Crippen LogP contribution >= 0.6 is 0 Å². The predicted octanol–water partition coefficient (Wildman–Crippen LogP) is 1.99. The zero-order valence-corrected chi connectivity index (χ0v) is 10.3. The molecule has 0 amide bonds. The Balaban J connectivity index is 2.17. The van der Waals surface area contributed by atoms with E-state index in [-0.39, 0.29) is 5.75 Å². The second-order valence-corrected chi connectivity index (χ2v) is 6.98. The van der Waals surface area contributed by atoms with Crippen LogP contribution in [-0.2, 0) is 10.0 Å². The second-order valence-electron chi connectivity index (χ2n) is 4.77. The van der Waals surface area contributed by atoms with Crippen LogP contribution in [0.4, 0.5) is 0 Å². The Hall–Kier alpha value is -0.0900. The molecule has 0 aromatic carbocycles. The van der Waals surface area contributed by atoms with Gasteiger partial charge < -0.3 is 0 Å². The van der Waals surface area contributed by atoms with E-state index < -0.39 is 10.0 Å². The molecular weight excluding hydrogens is 210 g/mol. The summed E-state index contributed by atoms with van der Waals surface area (Å²) in [6.45, 7) is 2.51. The lowest BCUT2D eigenvalue weighted by molar-refractivity contribution is 0.129. The highest BCUT2D eigenvalue weighted by Gasteiger charge is 2.38. The summed E-state index contributed by atoms with van der Waals surface area (Å²) in [5.41, 5.74) is 0. The van der Waals surface area contributed by atoms with E-state index in [1.807, 2.05) is 0 Å². The van der Waals surface area contributed by atoms with Crippen LogP contribution in [0.1, 0.15) is 45.4 Å². The Morgan fingerprint density at radius 1 is 1.13 bits per heavy atom. The summed E-state index contributed by atoms with van der Waals surface area (Å²) in [6, 6.07) is 0.331. The average molecular weight is 231 g/mol. The van der Waals surface area contributed by atoms with E-state index in [0.29, 0.717) is 12.0 Å². The van der Waals surface area contributed by atoms with Crippen molar-refractivity contribution in [1.29, 1.82) is 0 Å². The van der Waals surface area contributed by atoms with Crippen molar-refractivity contribution in [3.8, 4) is 0 Å². The van der Waals surface area contributed by atoms with Crippen LogP contribution in [0.15, 0.2) is 0 Å². The fourth-order valence-electron chi connectivity index (χ4n) is 3.09. The van der Waals surface area contributed by atoms with E-state index in [1.54, 1.807) is 11.2 Å². The first-order valence-electron chi connectivity index (χ1n) is 6.14. The molecule has 15 heavy (non-hydrogen) atoms. The van der Waals surface area contributed by atoms with Crippen molar-refractivity contribution >= 4 is 10.0 Å². The highest BCUT2D eigenvalue weighted by Crippen LogP contribution is 2.36. The first kappa shape index (κ1) is 11.4. The van der Waals surface area contributed by atoms with Crippen molar-refractivity contribution in [3.63, 3.8) is 0 Å². The van der Waals surface area contributed by atoms with Gasteiger partial charge in [0.2, 0.25) is 10.0 Å². The summed E-state index contributed by atoms with van der Waals surface area (Å²) in [7, 11) is -2.96. The normalized spacial score (nSPS) is 33.7. The topological polar surface area (TPSA) is 37.4 Å². The number of hydrogen-bond donors (Lipinski definition) is 0. The first-order chi connectivity index (χ1) is 7.15. The summed E-state index contributed by atoms with van der Waals surface area (Å²) < 4.78 is 25.7. The lowest BCUT2D eigenvalue weighted by Gasteiger charge is -2.43. The van der Waals surface area contributed by atoms with Crippen LogP contribution < -0.4 is 0 Å². The zero-order chi connectivity index (χ0) is 10.9. The van der Waals surface area contributed by atoms with Gasteiger partial charge in [0.05, 0.1) is 5.75 Å². The van der Waals surface area contributed by atoms with Crippen molar-refractivity contribution in [2.24, 2.45) is 5.92 Å². The standard InChI is InChI=1S/C11H21NO2S/c1-2-15(13,14)12-9-5-7-10-6-3-4-8-11(10)12/h10-11H,2-9H2,1H3/t10-,11-/m1/s1. The van der Waals surface area contributed by atoms with Gasteiger partial charge in [0.25, 0.3) is 0 Å². The molecule has 0 aromatic heterocycles.